The van der Waals surface area contributed by atoms with Gasteiger partial charge in [-0.2, -0.15) is 4.73 Å². The SMILES string of the molecule is C[C@@H](OC(=O)c1cc[n+]([O-])cc1)c1nnc(-c2ccc(F)cc2)o1. The lowest BCUT2D eigenvalue weighted by Crippen LogP contribution is -2.24. The van der Waals surface area contributed by atoms with Crippen molar-refractivity contribution in [2.24, 2.45) is 0 Å². The molecule has 0 radical (unpaired) electrons. The zero-order valence-electron chi connectivity index (χ0n) is 12.5. The first kappa shape index (κ1) is 15.6. The molecule has 2 heterocycles. The number of nitrogens with zero attached hydrogens (tertiary/aromatic N) is 3. The van der Waals surface area contributed by atoms with Gasteiger partial charge in [0.1, 0.15) is 5.82 Å². The van der Waals surface area contributed by atoms with Crippen LogP contribution < -0.4 is 4.73 Å². The van der Waals surface area contributed by atoms with Crippen LogP contribution in [0.2, 0.25) is 0 Å². The Morgan fingerprint density at radius 2 is 1.88 bits per heavy atom. The van der Waals surface area contributed by atoms with Crippen LogP contribution in [0.25, 0.3) is 11.5 Å². The highest BCUT2D eigenvalue weighted by molar-refractivity contribution is 5.89. The first-order valence-electron chi connectivity index (χ1n) is 7.02. The molecule has 0 saturated carbocycles. The Balaban J connectivity index is 1.71. The van der Waals surface area contributed by atoms with Gasteiger partial charge in [0.2, 0.25) is 5.89 Å². The molecule has 0 fully saturated rings. The van der Waals surface area contributed by atoms with Gasteiger partial charge >= 0.3 is 5.97 Å². The fourth-order valence-electron chi connectivity index (χ4n) is 1.94. The number of hydrogen-bond acceptors (Lipinski definition) is 6. The van der Waals surface area contributed by atoms with E-state index in [0.717, 1.165) is 0 Å². The van der Waals surface area contributed by atoms with Crippen LogP contribution in [0.5, 0.6) is 0 Å². The van der Waals surface area contributed by atoms with Crippen LogP contribution in [0.3, 0.4) is 0 Å². The number of benzene rings is 1. The predicted molar refractivity (Wildman–Crippen MR) is 78.9 cm³/mol. The second-order valence-corrected chi connectivity index (χ2v) is 4.95. The Morgan fingerprint density at radius 1 is 1.21 bits per heavy atom. The van der Waals surface area contributed by atoms with E-state index < -0.39 is 12.1 Å². The zero-order chi connectivity index (χ0) is 17.1. The molecule has 0 amide bonds. The van der Waals surface area contributed by atoms with Crippen molar-refractivity contribution >= 4 is 5.97 Å². The van der Waals surface area contributed by atoms with Crippen molar-refractivity contribution in [3.8, 4) is 11.5 Å². The maximum absolute atomic E-state index is 12.9. The minimum absolute atomic E-state index is 0.109. The first-order chi connectivity index (χ1) is 11.5. The van der Waals surface area contributed by atoms with Gasteiger partial charge in [-0.1, -0.05) is 0 Å². The van der Waals surface area contributed by atoms with E-state index in [1.165, 1.54) is 48.8 Å². The lowest BCUT2D eigenvalue weighted by molar-refractivity contribution is -0.605. The largest absolute Gasteiger partial charge is 0.619 e. The zero-order valence-corrected chi connectivity index (χ0v) is 12.5. The molecule has 0 bridgehead atoms. The molecule has 0 saturated heterocycles. The molecule has 3 rings (SSSR count). The van der Waals surface area contributed by atoms with E-state index in [9.17, 15) is 14.4 Å². The van der Waals surface area contributed by atoms with Crippen molar-refractivity contribution in [3.63, 3.8) is 0 Å². The van der Waals surface area contributed by atoms with Crippen molar-refractivity contribution < 1.29 is 23.1 Å². The van der Waals surface area contributed by atoms with Crippen molar-refractivity contribution in [2.75, 3.05) is 0 Å². The summed E-state index contributed by atoms with van der Waals surface area (Å²) in [4.78, 5) is 12.0. The molecule has 2 aromatic heterocycles. The molecule has 1 aromatic carbocycles. The third-order valence-corrected chi connectivity index (χ3v) is 3.20. The molecule has 0 aliphatic rings. The van der Waals surface area contributed by atoms with E-state index in [2.05, 4.69) is 10.2 Å². The third-order valence-electron chi connectivity index (χ3n) is 3.20. The fraction of sp³-hybridized carbons (Fsp3) is 0.125. The van der Waals surface area contributed by atoms with Gasteiger partial charge in [-0.15, -0.1) is 10.2 Å². The Hall–Kier alpha value is -3.29. The summed E-state index contributed by atoms with van der Waals surface area (Å²) in [6.45, 7) is 1.58. The van der Waals surface area contributed by atoms with Gasteiger partial charge in [0, 0.05) is 17.7 Å². The number of hydrogen-bond donors (Lipinski definition) is 0. The van der Waals surface area contributed by atoms with Gasteiger partial charge in [-0.25, -0.2) is 9.18 Å². The van der Waals surface area contributed by atoms with Gasteiger partial charge in [-0.3, -0.25) is 0 Å². The summed E-state index contributed by atoms with van der Waals surface area (Å²) in [5, 5.41) is 18.6. The molecule has 0 aliphatic heterocycles. The van der Waals surface area contributed by atoms with Crippen LogP contribution in [0, 0.1) is 11.0 Å². The fourth-order valence-corrected chi connectivity index (χ4v) is 1.94. The highest BCUT2D eigenvalue weighted by Crippen LogP contribution is 2.23. The second kappa shape index (κ2) is 6.45. The number of aromatic nitrogens is 3. The van der Waals surface area contributed by atoms with Crippen molar-refractivity contribution in [3.05, 3.63) is 71.3 Å². The number of esters is 1. The Bertz CT molecular complexity index is 847. The number of rotatable bonds is 4. The van der Waals surface area contributed by atoms with E-state index >= 15 is 0 Å². The molecule has 3 aromatic rings. The van der Waals surface area contributed by atoms with Crippen LogP contribution in [-0.2, 0) is 4.74 Å². The first-order valence-corrected chi connectivity index (χ1v) is 7.02. The van der Waals surface area contributed by atoms with Crippen molar-refractivity contribution in [2.45, 2.75) is 13.0 Å². The lowest BCUT2D eigenvalue weighted by atomic mass is 10.2. The number of halogens is 1. The molecule has 0 spiro atoms. The Kier molecular flexibility index (Phi) is 4.19. The van der Waals surface area contributed by atoms with E-state index in [0.29, 0.717) is 10.3 Å². The second-order valence-electron chi connectivity index (χ2n) is 4.95. The minimum atomic E-state index is -0.779. The summed E-state index contributed by atoms with van der Waals surface area (Å²) in [6, 6.07) is 8.26. The monoisotopic (exact) mass is 329 g/mol. The predicted octanol–water partition coefficient (Wildman–Crippen LogP) is 2.43. The molecule has 0 unspecified atom stereocenters. The van der Waals surface area contributed by atoms with Gasteiger partial charge in [0.05, 0.1) is 5.56 Å². The maximum atomic E-state index is 12.9. The number of ether oxygens (including phenoxy) is 1. The van der Waals surface area contributed by atoms with Crippen molar-refractivity contribution in [1.29, 1.82) is 0 Å². The van der Waals surface area contributed by atoms with Gasteiger partial charge in [-0.05, 0) is 31.2 Å². The van der Waals surface area contributed by atoms with Gasteiger partial charge in [0.25, 0.3) is 5.89 Å². The standard InChI is InChI=1S/C16H12FN3O4/c1-10(23-16(21)12-6-8-20(22)9-7-12)14-18-19-15(24-14)11-2-4-13(17)5-3-11/h2-10H,1H3/t10-/m1/s1. The van der Waals surface area contributed by atoms with Gasteiger partial charge in [0.15, 0.2) is 18.5 Å². The Labute approximate surface area is 135 Å². The van der Waals surface area contributed by atoms with Crippen LogP contribution >= 0.6 is 0 Å². The molecule has 8 heteroatoms. The molecule has 24 heavy (non-hydrogen) atoms. The third kappa shape index (κ3) is 3.37. The molecule has 122 valence electrons. The molecular weight excluding hydrogens is 317 g/mol. The highest BCUT2D eigenvalue weighted by Gasteiger charge is 2.20. The van der Waals surface area contributed by atoms with E-state index in [-0.39, 0.29) is 23.2 Å². The average molecular weight is 329 g/mol. The molecule has 1 atom stereocenters. The molecular formula is C16H12FN3O4. The molecule has 7 nitrogen and oxygen atoms in total. The summed E-state index contributed by atoms with van der Waals surface area (Å²) in [6.07, 6.45) is 1.61. The smallest absolute Gasteiger partial charge is 0.339 e. The van der Waals surface area contributed by atoms with Crippen LogP contribution in [0.15, 0.2) is 53.2 Å². The van der Waals surface area contributed by atoms with Crippen LogP contribution in [0.4, 0.5) is 4.39 Å². The maximum Gasteiger partial charge on any atom is 0.339 e. The minimum Gasteiger partial charge on any atom is -0.619 e. The highest BCUT2D eigenvalue weighted by atomic mass is 19.1. The quantitative estimate of drug-likeness (QED) is 0.415. The lowest BCUT2D eigenvalue weighted by Gasteiger charge is -2.09. The van der Waals surface area contributed by atoms with E-state index in [1.54, 1.807) is 6.92 Å². The molecule has 0 aliphatic carbocycles. The number of carbonyl (C=O) groups is 1. The normalized spacial score (nSPS) is 11.9. The summed E-state index contributed by atoms with van der Waals surface area (Å²) >= 11 is 0. The average Bonchev–Trinajstić information content (AvgIpc) is 3.06. The summed E-state index contributed by atoms with van der Waals surface area (Å²) in [5.41, 5.74) is 0.781. The topological polar surface area (TPSA) is 92.2 Å². The number of pyridine rings is 1. The Morgan fingerprint density at radius 3 is 2.54 bits per heavy atom. The van der Waals surface area contributed by atoms with Crippen LogP contribution in [-0.4, -0.2) is 16.2 Å². The van der Waals surface area contributed by atoms with E-state index in [4.69, 9.17) is 9.15 Å². The van der Waals surface area contributed by atoms with Gasteiger partial charge < -0.3 is 14.4 Å². The van der Waals surface area contributed by atoms with Crippen molar-refractivity contribution in [1.82, 2.24) is 10.2 Å². The summed E-state index contributed by atoms with van der Waals surface area (Å²) < 4.78 is 24.2. The number of carbonyl (C=O) groups excluding carboxylic acids is 1. The summed E-state index contributed by atoms with van der Waals surface area (Å²) in [5.74, 6) is -0.690. The molecule has 0 N–H and O–H groups in total. The van der Waals surface area contributed by atoms with Crippen LogP contribution in [0.1, 0.15) is 29.3 Å². The van der Waals surface area contributed by atoms with E-state index in [1.807, 2.05) is 0 Å². The summed E-state index contributed by atoms with van der Waals surface area (Å²) in [7, 11) is 0.